The average molecular weight is 293 g/mol. The fraction of sp³-hybridized carbons (Fsp3) is 0.267. The summed E-state index contributed by atoms with van der Waals surface area (Å²) in [5, 5.41) is 12.5. The predicted octanol–water partition coefficient (Wildman–Crippen LogP) is 2.67. The lowest BCUT2D eigenvalue weighted by atomic mass is 10.2. The van der Waals surface area contributed by atoms with E-state index in [0.29, 0.717) is 13.2 Å². The van der Waals surface area contributed by atoms with Gasteiger partial charge < -0.3 is 15.2 Å². The first-order valence-electron chi connectivity index (χ1n) is 6.37. The molecule has 0 radical (unpaired) electrons. The molecule has 1 heterocycles. The fourth-order valence-corrected chi connectivity index (χ4v) is 1.71. The van der Waals surface area contributed by atoms with Gasteiger partial charge in [-0.25, -0.2) is 0 Å². The monoisotopic (exact) mass is 292 g/mol. The SMILES string of the molecule is OC(CCl)CNc1ccc(OCc2ccncc2)cc1. The molecule has 1 unspecified atom stereocenters. The number of aliphatic hydroxyl groups is 1. The van der Waals surface area contributed by atoms with Crippen LogP contribution >= 0.6 is 11.6 Å². The molecule has 1 atom stereocenters. The molecule has 2 rings (SSSR count). The minimum Gasteiger partial charge on any atom is -0.489 e. The van der Waals surface area contributed by atoms with Gasteiger partial charge in [-0.2, -0.15) is 0 Å². The van der Waals surface area contributed by atoms with Gasteiger partial charge in [0.25, 0.3) is 0 Å². The third-order valence-electron chi connectivity index (χ3n) is 2.73. The van der Waals surface area contributed by atoms with E-state index in [4.69, 9.17) is 16.3 Å². The molecule has 0 bridgehead atoms. The van der Waals surface area contributed by atoms with E-state index in [0.717, 1.165) is 17.0 Å². The second kappa shape index (κ2) is 7.72. The van der Waals surface area contributed by atoms with Crippen LogP contribution in [0.4, 0.5) is 5.69 Å². The van der Waals surface area contributed by atoms with Crippen LogP contribution in [0.2, 0.25) is 0 Å². The molecule has 0 spiro atoms. The highest BCUT2D eigenvalue weighted by molar-refractivity contribution is 6.18. The van der Waals surface area contributed by atoms with Gasteiger partial charge in [0.05, 0.1) is 12.0 Å². The van der Waals surface area contributed by atoms with E-state index >= 15 is 0 Å². The summed E-state index contributed by atoms with van der Waals surface area (Å²) in [5.41, 5.74) is 2.00. The second-order valence-electron chi connectivity index (χ2n) is 4.36. The Hall–Kier alpha value is -1.78. The molecule has 0 aliphatic heterocycles. The van der Waals surface area contributed by atoms with Gasteiger partial charge in [0.15, 0.2) is 0 Å². The highest BCUT2D eigenvalue weighted by Crippen LogP contribution is 2.17. The quantitative estimate of drug-likeness (QED) is 0.771. The number of nitrogens with one attached hydrogen (secondary N) is 1. The largest absolute Gasteiger partial charge is 0.489 e. The number of anilines is 1. The van der Waals surface area contributed by atoms with E-state index in [1.165, 1.54) is 0 Å². The Kier molecular flexibility index (Phi) is 5.65. The smallest absolute Gasteiger partial charge is 0.119 e. The van der Waals surface area contributed by atoms with Crippen LogP contribution in [0.15, 0.2) is 48.8 Å². The summed E-state index contributed by atoms with van der Waals surface area (Å²) in [4.78, 5) is 3.96. The number of alkyl halides is 1. The number of rotatable bonds is 7. The fourth-order valence-electron chi connectivity index (χ4n) is 1.60. The van der Waals surface area contributed by atoms with E-state index < -0.39 is 6.10 Å². The van der Waals surface area contributed by atoms with Crippen LogP contribution in [0, 0.1) is 0 Å². The number of pyridine rings is 1. The predicted molar refractivity (Wildman–Crippen MR) is 80.2 cm³/mol. The molecule has 0 amide bonds. The van der Waals surface area contributed by atoms with Gasteiger partial charge >= 0.3 is 0 Å². The highest BCUT2D eigenvalue weighted by atomic mass is 35.5. The van der Waals surface area contributed by atoms with Crippen molar-refractivity contribution < 1.29 is 9.84 Å². The van der Waals surface area contributed by atoms with Crippen LogP contribution in [0.1, 0.15) is 5.56 Å². The van der Waals surface area contributed by atoms with Crippen molar-refractivity contribution in [3.8, 4) is 5.75 Å². The third-order valence-corrected chi connectivity index (χ3v) is 3.09. The first-order valence-corrected chi connectivity index (χ1v) is 6.91. The average Bonchev–Trinajstić information content (AvgIpc) is 2.52. The van der Waals surface area contributed by atoms with Crippen LogP contribution in [-0.2, 0) is 6.61 Å². The maximum atomic E-state index is 9.36. The van der Waals surface area contributed by atoms with Gasteiger partial charge in [-0.3, -0.25) is 4.98 Å². The van der Waals surface area contributed by atoms with Crippen molar-refractivity contribution in [2.45, 2.75) is 12.7 Å². The third kappa shape index (κ3) is 4.72. The summed E-state index contributed by atoms with van der Waals surface area (Å²) >= 11 is 5.53. The molecule has 1 aromatic carbocycles. The highest BCUT2D eigenvalue weighted by Gasteiger charge is 2.01. The van der Waals surface area contributed by atoms with Crippen molar-refractivity contribution in [1.29, 1.82) is 0 Å². The van der Waals surface area contributed by atoms with Crippen LogP contribution in [0.5, 0.6) is 5.75 Å². The maximum absolute atomic E-state index is 9.36. The summed E-state index contributed by atoms with van der Waals surface area (Å²) in [6, 6.07) is 11.4. The van der Waals surface area contributed by atoms with Crippen molar-refractivity contribution in [1.82, 2.24) is 4.98 Å². The lowest BCUT2D eigenvalue weighted by Crippen LogP contribution is -2.20. The number of nitrogens with zero attached hydrogens (tertiary/aromatic N) is 1. The van der Waals surface area contributed by atoms with Crippen LogP contribution in [0.25, 0.3) is 0 Å². The maximum Gasteiger partial charge on any atom is 0.119 e. The number of hydrogen-bond donors (Lipinski definition) is 2. The minimum atomic E-state index is -0.542. The molecule has 0 saturated carbocycles. The first-order chi connectivity index (χ1) is 9.78. The molecule has 1 aromatic heterocycles. The van der Waals surface area contributed by atoms with Crippen LogP contribution < -0.4 is 10.1 Å². The van der Waals surface area contributed by atoms with Crippen molar-refractivity contribution in [2.75, 3.05) is 17.7 Å². The number of aromatic nitrogens is 1. The standard InChI is InChI=1S/C15H17ClN2O2/c16-9-14(19)10-18-13-1-3-15(4-2-13)20-11-12-5-7-17-8-6-12/h1-8,14,18-19H,9-11H2. The summed E-state index contributed by atoms with van der Waals surface area (Å²) in [7, 11) is 0. The molecular weight excluding hydrogens is 276 g/mol. The van der Waals surface area contributed by atoms with Crippen LogP contribution in [0.3, 0.4) is 0 Å². The topological polar surface area (TPSA) is 54.4 Å². The zero-order chi connectivity index (χ0) is 14.2. The van der Waals surface area contributed by atoms with E-state index in [1.807, 2.05) is 36.4 Å². The van der Waals surface area contributed by atoms with Gasteiger partial charge in [-0.15, -0.1) is 11.6 Å². The summed E-state index contributed by atoms with van der Waals surface area (Å²) < 4.78 is 5.67. The van der Waals surface area contributed by atoms with E-state index in [1.54, 1.807) is 12.4 Å². The van der Waals surface area contributed by atoms with Gasteiger partial charge in [0, 0.05) is 24.6 Å². The zero-order valence-electron chi connectivity index (χ0n) is 11.0. The molecule has 106 valence electrons. The molecule has 0 aliphatic rings. The van der Waals surface area contributed by atoms with Gasteiger partial charge in [-0.05, 0) is 42.0 Å². The number of aliphatic hydroxyl groups excluding tert-OH is 1. The number of ether oxygens (including phenoxy) is 1. The normalized spacial score (nSPS) is 11.9. The Balaban J connectivity index is 1.82. The summed E-state index contributed by atoms with van der Waals surface area (Å²) in [5.74, 6) is 1.02. The molecule has 0 saturated heterocycles. The van der Waals surface area contributed by atoms with Gasteiger partial charge in [0.1, 0.15) is 12.4 Å². The van der Waals surface area contributed by atoms with Crippen molar-refractivity contribution in [3.05, 3.63) is 54.4 Å². The van der Waals surface area contributed by atoms with Crippen molar-refractivity contribution in [3.63, 3.8) is 0 Å². The molecule has 0 aliphatic carbocycles. The Morgan fingerprint density at radius 3 is 2.50 bits per heavy atom. The molecule has 2 aromatic rings. The summed E-state index contributed by atoms with van der Waals surface area (Å²) in [6.07, 6.45) is 2.95. The zero-order valence-corrected chi connectivity index (χ0v) is 11.8. The second-order valence-corrected chi connectivity index (χ2v) is 4.67. The molecule has 5 heteroatoms. The lowest BCUT2D eigenvalue weighted by Gasteiger charge is -2.11. The lowest BCUT2D eigenvalue weighted by molar-refractivity contribution is 0.211. The first kappa shape index (κ1) is 14.6. The Morgan fingerprint density at radius 2 is 1.85 bits per heavy atom. The molecule has 4 nitrogen and oxygen atoms in total. The molecular formula is C15H17ClN2O2. The van der Waals surface area contributed by atoms with Crippen molar-refractivity contribution >= 4 is 17.3 Å². The Bertz CT molecular complexity index is 505. The van der Waals surface area contributed by atoms with Crippen molar-refractivity contribution in [2.24, 2.45) is 0 Å². The van der Waals surface area contributed by atoms with E-state index in [2.05, 4.69) is 10.3 Å². The molecule has 2 N–H and O–H groups in total. The number of hydrogen-bond acceptors (Lipinski definition) is 4. The van der Waals surface area contributed by atoms with Crippen LogP contribution in [-0.4, -0.2) is 28.6 Å². The number of halogens is 1. The Morgan fingerprint density at radius 1 is 1.15 bits per heavy atom. The van der Waals surface area contributed by atoms with Gasteiger partial charge in [-0.1, -0.05) is 0 Å². The number of benzene rings is 1. The molecule has 20 heavy (non-hydrogen) atoms. The van der Waals surface area contributed by atoms with Gasteiger partial charge in [0.2, 0.25) is 0 Å². The molecule has 0 fully saturated rings. The minimum absolute atomic E-state index is 0.222. The van der Waals surface area contributed by atoms with E-state index in [-0.39, 0.29) is 5.88 Å². The Labute approximate surface area is 123 Å². The summed E-state index contributed by atoms with van der Waals surface area (Å²) in [6.45, 7) is 0.945. The van der Waals surface area contributed by atoms with E-state index in [9.17, 15) is 5.11 Å².